The first-order valence-electron chi connectivity index (χ1n) is 7.08. The van der Waals surface area contributed by atoms with Crippen LogP contribution < -0.4 is 0 Å². The summed E-state index contributed by atoms with van der Waals surface area (Å²) in [6.45, 7) is 0. The van der Waals surface area contributed by atoms with E-state index in [0.717, 1.165) is 6.42 Å². The smallest absolute Gasteiger partial charge is 0.0586 e. The molecule has 3 saturated carbocycles. The van der Waals surface area contributed by atoms with E-state index in [1.54, 1.807) is 0 Å². The third-order valence-corrected chi connectivity index (χ3v) is 5.00. The zero-order valence-corrected chi connectivity index (χ0v) is 11.3. The zero-order chi connectivity index (χ0) is 12.7. The van der Waals surface area contributed by atoms with Crippen LogP contribution in [0.4, 0.5) is 0 Å². The molecule has 2 heteroatoms. The molecule has 0 unspecified atom stereocenters. The molecule has 2 bridgehead atoms. The molecular weight excluding hydrogens is 222 g/mol. The summed E-state index contributed by atoms with van der Waals surface area (Å²) in [6, 6.07) is 11.4. The van der Waals surface area contributed by atoms with Crippen molar-refractivity contribution in [2.24, 2.45) is 11.8 Å². The molecule has 0 aliphatic heterocycles. The predicted octanol–water partition coefficient (Wildman–Crippen LogP) is 2.49. The predicted molar refractivity (Wildman–Crippen MR) is 73.5 cm³/mol. The first-order chi connectivity index (χ1) is 8.68. The quantitative estimate of drug-likeness (QED) is 0.865. The molecule has 18 heavy (non-hydrogen) atoms. The van der Waals surface area contributed by atoms with Crippen LogP contribution in [0.3, 0.4) is 0 Å². The lowest BCUT2D eigenvalue weighted by Gasteiger charge is -2.53. The van der Waals surface area contributed by atoms with Crippen LogP contribution in [0.15, 0.2) is 30.3 Å². The van der Waals surface area contributed by atoms with Gasteiger partial charge < -0.3 is 10.0 Å². The highest BCUT2D eigenvalue weighted by Gasteiger charge is 2.49. The summed E-state index contributed by atoms with van der Waals surface area (Å²) < 4.78 is 0. The van der Waals surface area contributed by atoms with E-state index in [9.17, 15) is 5.11 Å². The second-order valence-corrected chi connectivity index (χ2v) is 6.20. The fraction of sp³-hybridized carbons (Fsp3) is 0.625. The molecule has 0 radical (unpaired) electrons. The third-order valence-electron chi connectivity index (χ3n) is 5.00. The van der Waals surface area contributed by atoms with Gasteiger partial charge in [0.15, 0.2) is 0 Å². The number of aliphatic hydroxyl groups is 1. The van der Waals surface area contributed by atoms with Crippen molar-refractivity contribution in [3.8, 4) is 0 Å². The molecule has 3 aliphatic rings. The Morgan fingerprint density at radius 2 is 1.83 bits per heavy atom. The third kappa shape index (κ3) is 1.88. The van der Waals surface area contributed by atoms with E-state index in [1.807, 2.05) is 0 Å². The Morgan fingerprint density at radius 1 is 1.11 bits per heavy atom. The van der Waals surface area contributed by atoms with Crippen LogP contribution in [0, 0.1) is 11.8 Å². The van der Waals surface area contributed by atoms with Crippen LogP contribution >= 0.6 is 0 Å². The number of benzene rings is 1. The van der Waals surface area contributed by atoms with E-state index in [-0.39, 0.29) is 6.10 Å². The Hall–Kier alpha value is -0.860. The summed E-state index contributed by atoms with van der Waals surface area (Å²) in [7, 11) is 4.32. The van der Waals surface area contributed by atoms with Crippen LogP contribution in [-0.4, -0.2) is 36.2 Å². The first kappa shape index (κ1) is 12.2. The number of rotatable bonds is 2. The molecule has 0 aromatic heterocycles. The van der Waals surface area contributed by atoms with Crippen molar-refractivity contribution in [1.29, 1.82) is 0 Å². The van der Waals surface area contributed by atoms with Gasteiger partial charge in [0, 0.05) is 17.9 Å². The molecule has 4 rings (SSSR count). The van der Waals surface area contributed by atoms with Gasteiger partial charge in [-0.1, -0.05) is 30.3 Å². The highest BCUT2D eigenvalue weighted by Crippen LogP contribution is 2.51. The minimum atomic E-state index is -0.0869. The molecule has 1 N–H and O–H groups in total. The van der Waals surface area contributed by atoms with Gasteiger partial charge in [-0.05, 0) is 44.8 Å². The van der Waals surface area contributed by atoms with Gasteiger partial charge in [0.1, 0.15) is 0 Å². The monoisotopic (exact) mass is 245 g/mol. The number of fused-ring (bicyclic) bond motifs is 3. The fourth-order valence-corrected chi connectivity index (χ4v) is 4.32. The molecule has 1 aromatic carbocycles. The van der Waals surface area contributed by atoms with E-state index < -0.39 is 0 Å². The van der Waals surface area contributed by atoms with Gasteiger partial charge in [-0.25, -0.2) is 0 Å². The molecular formula is C16H23NO. The maximum atomic E-state index is 10.3. The number of aliphatic hydroxyl groups excluding tert-OH is 1. The van der Waals surface area contributed by atoms with E-state index in [1.165, 1.54) is 18.4 Å². The highest BCUT2D eigenvalue weighted by molar-refractivity contribution is 5.25. The zero-order valence-electron chi connectivity index (χ0n) is 11.3. The Kier molecular flexibility index (Phi) is 3.16. The lowest BCUT2D eigenvalue weighted by molar-refractivity contribution is -0.0620. The number of hydrogen-bond acceptors (Lipinski definition) is 2. The van der Waals surface area contributed by atoms with Crippen molar-refractivity contribution in [2.45, 2.75) is 37.3 Å². The molecule has 0 spiro atoms. The fourth-order valence-electron chi connectivity index (χ4n) is 4.32. The summed E-state index contributed by atoms with van der Waals surface area (Å²) in [4.78, 5) is 2.33. The van der Waals surface area contributed by atoms with Crippen LogP contribution in [-0.2, 0) is 0 Å². The lowest BCUT2D eigenvalue weighted by Crippen LogP contribution is -2.55. The van der Waals surface area contributed by atoms with E-state index in [2.05, 4.69) is 49.3 Å². The van der Waals surface area contributed by atoms with Gasteiger partial charge in [0.05, 0.1) is 6.10 Å². The molecule has 0 amide bonds. The molecule has 3 fully saturated rings. The van der Waals surface area contributed by atoms with Crippen molar-refractivity contribution in [2.75, 3.05) is 14.1 Å². The average Bonchev–Trinajstić information content (AvgIpc) is 2.39. The minimum absolute atomic E-state index is 0.0869. The SMILES string of the molecule is CN(C)[C@H]1[C@H]2CC[C@H](C[C@H]2O)[C@@H]1c1ccccc1. The van der Waals surface area contributed by atoms with Crippen LogP contribution in [0.25, 0.3) is 0 Å². The summed E-state index contributed by atoms with van der Waals surface area (Å²) >= 11 is 0. The van der Waals surface area contributed by atoms with Gasteiger partial charge >= 0.3 is 0 Å². The standard InChI is InChI=1S/C16H23NO/c1-17(2)16-13-9-8-12(10-14(13)18)15(16)11-6-4-3-5-7-11/h3-7,12-16,18H,8-10H2,1-2H3/t12-,13+,14-,15+,16+/m1/s1. The Labute approximate surface area is 110 Å². The summed E-state index contributed by atoms with van der Waals surface area (Å²) in [6.07, 6.45) is 3.38. The molecule has 98 valence electrons. The Bertz CT molecular complexity index is 403. The Balaban J connectivity index is 1.97. The topological polar surface area (TPSA) is 23.5 Å². The van der Waals surface area contributed by atoms with Crippen molar-refractivity contribution in [3.05, 3.63) is 35.9 Å². The number of nitrogens with zero attached hydrogens (tertiary/aromatic N) is 1. The van der Waals surface area contributed by atoms with Crippen molar-refractivity contribution in [1.82, 2.24) is 4.90 Å². The maximum absolute atomic E-state index is 10.3. The number of likely N-dealkylation sites (N-methyl/N-ethyl adjacent to an activating group) is 1. The average molecular weight is 245 g/mol. The second-order valence-electron chi connectivity index (χ2n) is 6.20. The van der Waals surface area contributed by atoms with Crippen LogP contribution in [0.2, 0.25) is 0 Å². The summed E-state index contributed by atoms with van der Waals surface area (Å²) in [5.41, 5.74) is 1.46. The van der Waals surface area contributed by atoms with Gasteiger partial charge in [0.25, 0.3) is 0 Å². The first-order valence-corrected chi connectivity index (χ1v) is 7.08. The van der Waals surface area contributed by atoms with Crippen LogP contribution in [0.5, 0.6) is 0 Å². The van der Waals surface area contributed by atoms with E-state index >= 15 is 0 Å². The van der Waals surface area contributed by atoms with Gasteiger partial charge in [-0.3, -0.25) is 0 Å². The molecule has 0 heterocycles. The molecule has 5 atom stereocenters. The maximum Gasteiger partial charge on any atom is 0.0586 e. The minimum Gasteiger partial charge on any atom is -0.393 e. The van der Waals surface area contributed by atoms with Crippen molar-refractivity contribution < 1.29 is 5.11 Å². The lowest BCUT2D eigenvalue weighted by atomic mass is 9.58. The van der Waals surface area contributed by atoms with E-state index in [4.69, 9.17) is 0 Å². The summed E-state index contributed by atoms with van der Waals surface area (Å²) in [5.74, 6) is 1.71. The van der Waals surface area contributed by atoms with Crippen molar-refractivity contribution >= 4 is 0 Å². The van der Waals surface area contributed by atoms with E-state index in [0.29, 0.717) is 23.8 Å². The largest absolute Gasteiger partial charge is 0.393 e. The van der Waals surface area contributed by atoms with Crippen molar-refractivity contribution in [3.63, 3.8) is 0 Å². The Morgan fingerprint density at radius 3 is 2.44 bits per heavy atom. The molecule has 1 aromatic rings. The van der Waals surface area contributed by atoms with Gasteiger partial charge in [-0.15, -0.1) is 0 Å². The summed E-state index contributed by atoms with van der Waals surface area (Å²) in [5, 5.41) is 10.3. The van der Waals surface area contributed by atoms with Crippen LogP contribution in [0.1, 0.15) is 30.7 Å². The van der Waals surface area contributed by atoms with Gasteiger partial charge in [-0.2, -0.15) is 0 Å². The second kappa shape index (κ2) is 4.67. The number of hydrogen-bond donors (Lipinski definition) is 1. The molecule has 3 aliphatic carbocycles. The molecule has 2 nitrogen and oxygen atoms in total. The highest BCUT2D eigenvalue weighted by atomic mass is 16.3. The normalized spacial score (nSPS) is 39.2. The molecule has 0 saturated heterocycles. The van der Waals surface area contributed by atoms with Gasteiger partial charge in [0.2, 0.25) is 0 Å².